The van der Waals surface area contributed by atoms with Gasteiger partial charge in [0.05, 0.1) is 10.6 Å². The van der Waals surface area contributed by atoms with Gasteiger partial charge in [0.1, 0.15) is 38.4 Å². The summed E-state index contributed by atoms with van der Waals surface area (Å²) in [5.41, 5.74) is -1.66. The molecule has 314 valence electrons. The predicted molar refractivity (Wildman–Crippen MR) is 203 cm³/mol. The van der Waals surface area contributed by atoms with Gasteiger partial charge in [0.2, 0.25) is 29.7 Å². The van der Waals surface area contributed by atoms with E-state index in [1.807, 2.05) is 0 Å². The number of phenolic OH excluding ortho intramolecular Hbond substituents is 2. The van der Waals surface area contributed by atoms with Crippen LogP contribution in [0.5, 0.6) is 34.5 Å². The summed E-state index contributed by atoms with van der Waals surface area (Å²) in [6.45, 7) is 0. The molecule has 0 saturated heterocycles. The van der Waals surface area contributed by atoms with Crippen molar-refractivity contribution in [1.29, 1.82) is 4.78 Å². The molecule has 2 aliphatic heterocycles. The molecule has 26 heteroatoms. The first kappa shape index (κ1) is 45.1. The van der Waals surface area contributed by atoms with Crippen LogP contribution in [0.25, 0.3) is 21.5 Å². The van der Waals surface area contributed by atoms with E-state index in [2.05, 4.69) is 20.5 Å². The number of nitrogens with zero attached hydrogens (tertiary/aromatic N) is 4. The maximum atomic E-state index is 12.8. The molecule has 60 heavy (non-hydrogen) atoms. The van der Waals surface area contributed by atoms with E-state index in [9.17, 15) is 54.4 Å². The van der Waals surface area contributed by atoms with Crippen molar-refractivity contribution in [2.75, 3.05) is 11.9 Å². The summed E-state index contributed by atoms with van der Waals surface area (Å²) in [6, 6.07) is 18.4. The predicted octanol–water partition coefficient (Wildman–Crippen LogP) is 4.66. The van der Waals surface area contributed by atoms with E-state index in [4.69, 9.17) is 19.4 Å². The van der Waals surface area contributed by atoms with Gasteiger partial charge in [-0.25, -0.2) is 30.4 Å². The Morgan fingerprint density at radius 2 is 1.13 bits per heavy atom. The maximum Gasteiger partial charge on any atom is 3.00 e. The first-order valence-electron chi connectivity index (χ1n) is 15.9. The first-order valence-corrected chi connectivity index (χ1v) is 22.3. The van der Waals surface area contributed by atoms with E-state index in [1.54, 1.807) is 36.4 Å². The average molecular weight is 944 g/mol. The number of hydrogen-bond donors (Lipinski definition) is 5. The number of nitrogens with two attached hydrogens (primary N) is 1. The molecule has 0 fully saturated rings. The number of ether oxygens (including phenoxy) is 2. The molecule has 21 nitrogen and oxygen atoms in total. The Labute approximate surface area is 350 Å². The van der Waals surface area contributed by atoms with E-state index in [-0.39, 0.29) is 61.0 Å². The van der Waals surface area contributed by atoms with Gasteiger partial charge >= 0.3 is 16.8 Å². The number of hydrogen-bond acceptors (Lipinski definition) is 20. The molecule has 0 radical (unpaired) electrons. The Morgan fingerprint density at radius 3 is 1.70 bits per heavy atom. The van der Waals surface area contributed by atoms with Gasteiger partial charge in [-0.2, -0.15) is 5.11 Å². The van der Waals surface area contributed by atoms with Crippen molar-refractivity contribution in [1.82, 2.24) is 6.15 Å². The van der Waals surface area contributed by atoms with E-state index >= 15 is 0 Å². The number of phenols is 2. The number of sulfonamides is 1. The van der Waals surface area contributed by atoms with Crippen LogP contribution in [-0.2, 0) is 56.5 Å². The minimum Gasteiger partial charge on any atom is -0.871 e. The third-order valence-electron chi connectivity index (χ3n) is 8.50. The van der Waals surface area contributed by atoms with Crippen LogP contribution in [0.3, 0.4) is 0 Å². The van der Waals surface area contributed by atoms with E-state index in [0.717, 1.165) is 36.4 Å². The number of fused-ring (bicyclic) bond motifs is 6. The van der Waals surface area contributed by atoms with Crippen LogP contribution in [0.1, 0.15) is 0 Å². The monoisotopic (exact) mass is 943 g/mol. The molecule has 0 aliphatic carbocycles. The summed E-state index contributed by atoms with van der Waals surface area (Å²) in [7, 11) is -16.3. The molecule has 6 aromatic carbocycles. The van der Waals surface area contributed by atoms with Gasteiger partial charge in [0, 0.05) is 31.1 Å². The normalized spacial score (nSPS) is 15.8. The third kappa shape index (κ3) is 8.26. The second-order valence-electron chi connectivity index (χ2n) is 12.3. The molecule has 1 unspecified atom stereocenters. The van der Waals surface area contributed by atoms with Crippen molar-refractivity contribution in [2.45, 2.75) is 19.6 Å². The standard InChI is InChI=1S/2C17H13N3O7S2.Co.H3N/c2*18-29(25,26)9-5-6-13(21)12(7-9)19-20-14-15(22)10-3-1-2-4-11(10)16-17(14)28(23,24)8-27-16;;/h2*1-7,21-22H,8H2,(H2,18,25,26);;1H3/q;;+3;/p-3. The van der Waals surface area contributed by atoms with Gasteiger partial charge in [-0.1, -0.05) is 66.1 Å². The Kier molecular flexibility index (Phi) is 12.2. The van der Waals surface area contributed by atoms with Crippen LogP contribution in [0.2, 0.25) is 0 Å². The molecule has 0 spiro atoms. The topological polar surface area (TPSA) is 382 Å². The van der Waals surface area contributed by atoms with Crippen molar-refractivity contribution >= 4 is 84.0 Å². The van der Waals surface area contributed by atoms with E-state index in [1.165, 1.54) is 12.1 Å². The summed E-state index contributed by atoms with van der Waals surface area (Å²) in [5, 5.41) is 66.3. The van der Waals surface area contributed by atoms with E-state index in [0.29, 0.717) is 16.2 Å². The SMILES string of the molecule is N.N=S(=O)([O-])c1ccc([O-])c(N=Nc2c3c(c4ccccc4c2[O-])OCS3(=O)=O)c1.NS(=O)(=O)c1ccc(O)c(N=Nc2c3c(c4ccccc4c2O)OCS3(=O)=O)c1.[Co+3]. The van der Waals surface area contributed by atoms with Gasteiger partial charge in [-0.05, 0) is 35.7 Å². The maximum absolute atomic E-state index is 12.8. The van der Waals surface area contributed by atoms with Crippen LogP contribution >= 0.6 is 0 Å². The molecule has 0 saturated carbocycles. The van der Waals surface area contributed by atoms with Crippen molar-refractivity contribution < 1.29 is 80.7 Å². The van der Waals surface area contributed by atoms with Crippen LogP contribution in [0, 0.1) is 4.78 Å². The van der Waals surface area contributed by atoms with Crippen LogP contribution in [0.4, 0.5) is 22.7 Å². The van der Waals surface area contributed by atoms with E-state index < -0.39 is 95.7 Å². The number of benzene rings is 6. The minimum atomic E-state index is -4.36. The molecule has 8 N–H and O–H groups in total. The molecule has 0 amide bonds. The molecule has 0 bridgehead atoms. The van der Waals surface area contributed by atoms with Gasteiger partial charge in [-0.3, -0.25) is 8.99 Å². The third-order valence-corrected chi connectivity index (χ3v) is 13.1. The van der Waals surface area contributed by atoms with Crippen LogP contribution < -0.4 is 31.0 Å². The van der Waals surface area contributed by atoms with Gasteiger partial charge in [-0.15, -0.1) is 15.3 Å². The zero-order valence-electron chi connectivity index (χ0n) is 29.8. The quantitative estimate of drug-likeness (QED) is 0.142. The Morgan fingerprint density at radius 1 is 0.667 bits per heavy atom. The fraction of sp³-hybridized carbons (Fsp3) is 0.0588. The Balaban J connectivity index is 0.000000220. The molecule has 1 atom stereocenters. The molecule has 2 aliphatic rings. The number of sulfone groups is 2. The second kappa shape index (κ2) is 16.2. The summed E-state index contributed by atoms with van der Waals surface area (Å²) in [5.74, 6) is -3.59. The Hall–Kier alpha value is -5.97. The fourth-order valence-corrected chi connectivity index (χ4v) is 9.43. The molecule has 2 heterocycles. The smallest absolute Gasteiger partial charge is 0.871 e. The minimum absolute atomic E-state index is 0. The molecule has 8 rings (SSSR count). The van der Waals surface area contributed by atoms with Crippen LogP contribution in [0.15, 0.2) is 125 Å². The van der Waals surface area contributed by atoms with Crippen molar-refractivity contribution in [3.8, 4) is 34.5 Å². The number of nitrogens with one attached hydrogen (secondary N) is 1. The summed E-state index contributed by atoms with van der Waals surface area (Å²) >= 11 is 0. The first-order chi connectivity index (χ1) is 27.2. The molecule has 0 aromatic heterocycles. The number of azo groups is 2. The largest absolute Gasteiger partial charge is 3.00 e. The van der Waals surface area contributed by atoms with Crippen molar-refractivity contribution in [2.24, 2.45) is 25.6 Å². The molecule has 6 aromatic rings. The Bertz CT molecular complexity index is 3060. The molecular weight excluding hydrogens is 918 g/mol. The zero-order chi connectivity index (χ0) is 41.9. The van der Waals surface area contributed by atoms with Crippen LogP contribution in [-0.4, -0.2) is 56.1 Å². The number of aromatic hydroxyl groups is 2. The fourth-order valence-electron chi connectivity index (χ4n) is 5.84. The number of rotatable bonds is 6. The summed E-state index contributed by atoms with van der Waals surface area (Å²) in [6.07, 6.45) is 0. The molecular formula is C34H26CoN7O14S4. The van der Waals surface area contributed by atoms with Gasteiger partial charge in [0.25, 0.3) is 0 Å². The summed E-state index contributed by atoms with van der Waals surface area (Å²) in [4.78, 5) is -1.58. The average Bonchev–Trinajstić information content (AvgIpc) is 3.66. The van der Waals surface area contributed by atoms with Gasteiger partial charge in [0.15, 0.2) is 23.3 Å². The van der Waals surface area contributed by atoms with Gasteiger partial charge < -0.3 is 40.6 Å². The summed E-state index contributed by atoms with van der Waals surface area (Å²) < 4.78 is 113. The zero-order valence-corrected chi connectivity index (χ0v) is 34.1. The number of primary sulfonamides is 1. The second-order valence-corrected chi connectivity index (χ2v) is 19.1. The van der Waals surface area contributed by atoms with Crippen molar-refractivity contribution in [3.05, 3.63) is 84.9 Å². The van der Waals surface area contributed by atoms with Crippen molar-refractivity contribution in [3.63, 3.8) is 0 Å².